The number of hydrogen-bond donors (Lipinski definition) is 2. The summed E-state index contributed by atoms with van der Waals surface area (Å²) in [6, 6.07) is 6.52. The van der Waals surface area contributed by atoms with Crippen LogP contribution in [0.1, 0.15) is 24.2 Å². The van der Waals surface area contributed by atoms with Gasteiger partial charge in [0.25, 0.3) is 0 Å². The fourth-order valence-electron chi connectivity index (χ4n) is 1.86. The molecule has 0 saturated heterocycles. The largest absolute Gasteiger partial charge is 0.491 e. The highest BCUT2D eigenvalue weighted by molar-refractivity contribution is 5.90. The smallest absolute Gasteiger partial charge is 0.339 e. The van der Waals surface area contributed by atoms with Crippen molar-refractivity contribution in [2.75, 3.05) is 32.8 Å². The molecule has 116 valence electrons. The number of benzene rings is 1. The summed E-state index contributed by atoms with van der Waals surface area (Å²) in [5.41, 5.74) is 0.143. The Labute approximate surface area is 124 Å². The van der Waals surface area contributed by atoms with E-state index in [1.165, 1.54) is 6.07 Å². The summed E-state index contributed by atoms with van der Waals surface area (Å²) in [4.78, 5) is 24.5. The molecule has 1 amide bonds. The highest BCUT2D eigenvalue weighted by Gasteiger charge is 2.11. The molecule has 0 aliphatic carbocycles. The van der Waals surface area contributed by atoms with Gasteiger partial charge in [0.15, 0.2) is 0 Å². The number of carbonyl (C=O) groups is 2. The highest BCUT2D eigenvalue weighted by Crippen LogP contribution is 2.17. The lowest BCUT2D eigenvalue weighted by Crippen LogP contribution is -2.39. The minimum absolute atomic E-state index is 0.0229. The lowest BCUT2D eigenvalue weighted by molar-refractivity contribution is -0.122. The molecular weight excluding hydrogens is 272 g/mol. The van der Waals surface area contributed by atoms with Gasteiger partial charge in [0.05, 0.1) is 6.54 Å². The van der Waals surface area contributed by atoms with Crippen LogP contribution in [0.2, 0.25) is 0 Å². The van der Waals surface area contributed by atoms with E-state index in [9.17, 15) is 9.59 Å². The number of hydrogen-bond acceptors (Lipinski definition) is 4. The number of likely N-dealkylation sites (N-methyl/N-ethyl adjacent to an activating group) is 2. The minimum Gasteiger partial charge on any atom is -0.491 e. The second kappa shape index (κ2) is 8.97. The maximum Gasteiger partial charge on any atom is 0.339 e. The molecule has 21 heavy (non-hydrogen) atoms. The molecule has 0 spiro atoms. The maximum absolute atomic E-state index is 11.5. The van der Waals surface area contributed by atoms with Crippen molar-refractivity contribution in [1.82, 2.24) is 10.2 Å². The first-order valence-corrected chi connectivity index (χ1v) is 7.02. The Morgan fingerprint density at radius 3 is 2.62 bits per heavy atom. The van der Waals surface area contributed by atoms with Gasteiger partial charge in [0.1, 0.15) is 17.9 Å². The molecule has 0 bridgehead atoms. The van der Waals surface area contributed by atoms with Gasteiger partial charge in [0, 0.05) is 13.1 Å². The molecule has 0 aliphatic heterocycles. The predicted octanol–water partition coefficient (Wildman–Crippen LogP) is 1.22. The van der Waals surface area contributed by atoms with E-state index in [2.05, 4.69) is 5.32 Å². The SMILES string of the molecule is CCNC(=O)CN(CC)CCOc1ccccc1C(=O)O. The number of carboxylic acids is 1. The molecule has 6 heteroatoms. The average molecular weight is 294 g/mol. The van der Waals surface area contributed by atoms with Crippen LogP contribution in [0.5, 0.6) is 5.75 Å². The van der Waals surface area contributed by atoms with Crippen molar-refractivity contribution in [3.8, 4) is 5.75 Å². The molecule has 0 fully saturated rings. The third-order valence-electron chi connectivity index (χ3n) is 2.97. The van der Waals surface area contributed by atoms with Gasteiger partial charge in [-0.25, -0.2) is 4.79 Å². The van der Waals surface area contributed by atoms with Gasteiger partial charge >= 0.3 is 5.97 Å². The van der Waals surface area contributed by atoms with E-state index in [-0.39, 0.29) is 11.5 Å². The monoisotopic (exact) mass is 294 g/mol. The first-order valence-electron chi connectivity index (χ1n) is 7.02. The molecule has 0 atom stereocenters. The van der Waals surface area contributed by atoms with Crippen molar-refractivity contribution in [3.05, 3.63) is 29.8 Å². The lowest BCUT2D eigenvalue weighted by Gasteiger charge is -2.20. The van der Waals surface area contributed by atoms with Crippen LogP contribution in [0, 0.1) is 0 Å². The van der Waals surface area contributed by atoms with E-state index in [1.54, 1.807) is 18.2 Å². The number of nitrogens with one attached hydrogen (secondary N) is 1. The van der Waals surface area contributed by atoms with Gasteiger partial charge in [0.2, 0.25) is 5.91 Å². The van der Waals surface area contributed by atoms with Gasteiger partial charge < -0.3 is 15.2 Å². The highest BCUT2D eigenvalue weighted by atomic mass is 16.5. The fraction of sp³-hybridized carbons (Fsp3) is 0.467. The Hall–Kier alpha value is -2.08. The lowest BCUT2D eigenvalue weighted by atomic mass is 10.2. The molecule has 6 nitrogen and oxygen atoms in total. The summed E-state index contributed by atoms with van der Waals surface area (Å²) in [7, 11) is 0. The number of carboxylic acid groups (broad SMARTS) is 1. The molecular formula is C15H22N2O4. The number of carbonyl (C=O) groups excluding carboxylic acids is 1. The number of amides is 1. The van der Waals surface area contributed by atoms with Crippen LogP contribution in [-0.4, -0.2) is 54.7 Å². The summed E-state index contributed by atoms with van der Waals surface area (Å²) in [5.74, 6) is -0.690. The van der Waals surface area contributed by atoms with Gasteiger partial charge in [-0.05, 0) is 25.6 Å². The molecule has 1 rings (SSSR count). The van der Waals surface area contributed by atoms with Crippen molar-refractivity contribution in [2.24, 2.45) is 0 Å². The van der Waals surface area contributed by atoms with Crippen LogP contribution < -0.4 is 10.1 Å². The van der Waals surface area contributed by atoms with Crippen LogP contribution in [0.15, 0.2) is 24.3 Å². The van der Waals surface area contributed by atoms with Crippen molar-refractivity contribution < 1.29 is 19.4 Å². The quantitative estimate of drug-likeness (QED) is 0.716. The van der Waals surface area contributed by atoms with Crippen LogP contribution in [0.4, 0.5) is 0 Å². The molecule has 1 aromatic rings. The summed E-state index contributed by atoms with van der Waals surface area (Å²) in [6.45, 7) is 6.37. The average Bonchev–Trinajstić information content (AvgIpc) is 2.46. The zero-order valence-electron chi connectivity index (χ0n) is 12.5. The maximum atomic E-state index is 11.5. The van der Waals surface area contributed by atoms with Gasteiger partial charge in [-0.3, -0.25) is 9.69 Å². The van der Waals surface area contributed by atoms with Crippen molar-refractivity contribution in [2.45, 2.75) is 13.8 Å². The Balaban J connectivity index is 2.48. The second-order valence-corrected chi connectivity index (χ2v) is 4.47. The summed E-state index contributed by atoms with van der Waals surface area (Å²) < 4.78 is 5.52. The molecule has 1 aromatic carbocycles. The topological polar surface area (TPSA) is 78.9 Å². The molecule has 0 heterocycles. The summed E-state index contributed by atoms with van der Waals surface area (Å²) in [5, 5.41) is 11.8. The Morgan fingerprint density at radius 1 is 1.29 bits per heavy atom. The minimum atomic E-state index is -1.01. The van der Waals surface area contributed by atoms with Crippen molar-refractivity contribution in [1.29, 1.82) is 0 Å². The molecule has 0 saturated carbocycles. The number of aromatic carboxylic acids is 1. The Bertz CT molecular complexity index is 476. The summed E-state index contributed by atoms with van der Waals surface area (Å²) in [6.07, 6.45) is 0. The Morgan fingerprint density at radius 2 is 2.00 bits per heavy atom. The summed E-state index contributed by atoms with van der Waals surface area (Å²) >= 11 is 0. The van der Waals surface area contributed by atoms with Gasteiger partial charge in [-0.1, -0.05) is 19.1 Å². The third kappa shape index (κ3) is 5.83. The van der Waals surface area contributed by atoms with E-state index < -0.39 is 5.97 Å². The van der Waals surface area contributed by atoms with E-state index in [4.69, 9.17) is 9.84 Å². The standard InChI is InChI=1S/C15H22N2O4/c1-3-16-14(18)11-17(4-2)9-10-21-13-8-6-5-7-12(13)15(19)20/h5-8H,3-4,9-11H2,1-2H3,(H,16,18)(H,19,20). The van der Waals surface area contributed by atoms with E-state index in [0.29, 0.717) is 32.0 Å². The van der Waals surface area contributed by atoms with Gasteiger partial charge in [-0.2, -0.15) is 0 Å². The predicted molar refractivity (Wildman–Crippen MR) is 79.7 cm³/mol. The normalized spacial score (nSPS) is 10.4. The zero-order valence-corrected chi connectivity index (χ0v) is 12.5. The fourth-order valence-corrected chi connectivity index (χ4v) is 1.86. The third-order valence-corrected chi connectivity index (χ3v) is 2.97. The van der Waals surface area contributed by atoms with E-state index >= 15 is 0 Å². The molecule has 0 aliphatic rings. The van der Waals surface area contributed by atoms with Crippen molar-refractivity contribution in [3.63, 3.8) is 0 Å². The second-order valence-electron chi connectivity index (χ2n) is 4.47. The number of ether oxygens (including phenoxy) is 1. The first kappa shape index (κ1) is 17.0. The van der Waals surface area contributed by atoms with Crippen molar-refractivity contribution >= 4 is 11.9 Å². The zero-order chi connectivity index (χ0) is 15.7. The van der Waals surface area contributed by atoms with E-state index in [1.807, 2.05) is 18.7 Å². The number of para-hydroxylation sites is 1. The molecule has 0 unspecified atom stereocenters. The molecule has 2 N–H and O–H groups in total. The van der Waals surface area contributed by atoms with Crippen LogP contribution in [0.25, 0.3) is 0 Å². The van der Waals surface area contributed by atoms with Crippen LogP contribution >= 0.6 is 0 Å². The van der Waals surface area contributed by atoms with E-state index in [0.717, 1.165) is 6.54 Å². The van der Waals surface area contributed by atoms with Crippen LogP contribution in [0.3, 0.4) is 0 Å². The number of rotatable bonds is 9. The molecule has 0 radical (unpaired) electrons. The Kier molecular flexibility index (Phi) is 7.25. The molecule has 0 aromatic heterocycles. The first-order chi connectivity index (χ1) is 10.1. The number of nitrogens with zero attached hydrogens (tertiary/aromatic N) is 1. The van der Waals surface area contributed by atoms with Gasteiger partial charge in [-0.15, -0.1) is 0 Å². The van der Waals surface area contributed by atoms with Crippen LogP contribution in [-0.2, 0) is 4.79 Å².